The lowest BCUT2D eigenvalue weighted by Crippen LogP contribution is -2.03. The molecule has 0 saturated heterocycles. The first-order chi connectivity index (χ1) is 9.43. The van der Waals surface area contributed by atoms with Gasteiger partial charge in [-0.1, -0.05) is 23.2 Å². The summed E-state index contributed by atoms with van der Waals surface area (Å²) < 4.78 is 29.7. The smallest absolute Gasteiger partial charge is 0.218 e. The van der Waals surface area contributed by atoms with Crippen LogP contribution in [0, 0.1) is 11.6 Å². The van der Waals surface area contributed by atoms with E-state index in [1.165, 1.54) is 6.07 Å². The van der Waals surface area contributed by atoms with Crippen LogP contribution in [0.4, 0.5) is 8.78 Å². The molecular weight excluding hydrogens is 313 g/mol. The monoisotopic (exact) mass is 322 g/mol. The van der Waals surface area contributed by atoms with Gasteiger partial charge in [-0.25, -0.2) is 13.8 Å². The predicted molar refractivity (Wildman–Crippen MR) is 72.4 cm³/mol. The third kappa shape index (κ3) is 5.14. The molecule has 0 unspecified atom stereocenters. The van der Waals surface area contributed by atoms with E-state index in [-0.39, 0.29) is 16.1 Å². The van der Waals surface area contributed by atoms with Crippen molar-refractivity contribution in [3.63, 3.8) is 0 Å². The van der Waals surface area contributed by atoms with Gasteiger partial charge in [0.15, 0.2) is 17.4 Å². The van der Waals surface area contributed by atoms with E-state index in [0.29, 0.717) is 6.61 Å². The van der Waals surface area contributed by atoms with Crippen LogP contribution in [0.5, 0.6) is 5.75 Å². The number of aromatic amines is 1. The molecule has 0 radical (unpaired) electrons. The highest BCUT2D eigenvalue weighted by Crippen LogP contribution is 2.18. The molecule has 2 heterocycles. The second-order valence-corrected chi connectivity index (χ2v) is 4.16. The van der Waals surface area contributed by atoms with Crippen LogP contribution < -0.4 is 10.2 Å². The summed E-state index contributed by atoms with van der Waals surface area (Å²) in [5.74, 6) is -1.16. The number of ether oxygens (including phenoxy) is 1. The second kappa shape index (κ2) is 7.81. The Kier molecular flexibility index (Phi) is 6.41. The Morgan fingerprint density at radius 2 is 2.00 bits per heavy atom. The number of nitrogens with one attached hydrogen (secondary N) is 1. The van der Waals surface area contributed by atoms with Crippen LogP contribution in [-0.4, -0.2) is 16.6 Å². The summed E-state index contributed by atoms with van der Waals surface area (Å²) in [6.45, 7) is 2.19. The zero-order valence-corrected chi connectivity index (χ0v) is 11.8. The predicted octanol–water partition coefficient (Wildman–Crippen LogP) is 3.44. The third-order valence-electron chi connectivity index (χ3n) is 1.92. The molecule has 4 nitrogen and oxygen atoms in total. The normalized spacial score (nSPS) is 9.65. The van der Waals surface area contributed by atoms with Crippen molar-refractivity contribution in [2.24, 2.45) is 0 Å². The van der Waals surface area contributed by atoms with Crippen molar-refractivity contribution in [1.82, 2.24) is 9.97 Å². The van der Waals surface area contributed by atoms with Gasteiger partial charge in [0.1, 0.15) is 10.3 Å². The van der Waals surface area contributed by atoms with Gasteiger partial charge < -0.3 is 9.72 Å². The summed E-state index contributed by atoms with van der Waals surface area (Å²) in [5, 5.41) is 0.372. The van der Waals surface area contributed by atoms with E-state index >= 15 is 0 Å². The molecule has 2 rings (SSSR count). The lowest BCUT2D eigenvalue weighted by molar-refractivity contribution is 0.320. The molecule has 0 saturated carbocycles. The Morgan fingerprint density at radius 3 is 2.55 bits per heavy atom. The largest absolute Gasteiger partial charge is 0.491 e. The van der Waals surface area contributed by atoms with Gasteiger partial charge in [0.2, 0.25) is 5.43 Å². The summed E-state index contributed by atoms with van der Waals surface area (Å²) in [7, 11) is 0. The Bertz CT molecular complexity index is 635. The number of H-pyrrole nitrogens is 1. The molecular formula is C12H10Cl2F2N2O2. The van der Waals surface area contributed by atoms with Crippen LogP contribution in [-0.2, 0) is 0 Å². The molecule has 0 aliphatic carbocycles. The lowest BCUT2D eigenvalue weighted by atomic mass is 10.4. The van der Waals surface area contributed by atoms with Crippen LogP contribution in [0.15, 0.2) is 29.3 Å². The fourth-order valence-corrected chi connectivity index (χ4v) is 1.39. The zero-order valence-electron chi connectivity index (χ0n) is 10.3. The molecule has 20 heavy (non-hydrogen) atoms. The molecule has 0 aromatic carbocycles. The van der Waals surface area contributed by atoms with Crippen LogP contribution in [0.2, 0.25) is 10.3 Å². The second-order valence-electron chi connectivity index (χ2n) is 3.36. The van der Waals surface area contributed by atoms with Crippen molar-refractivity contribution >= 4 is 23.2 Å². The lowest BCUT2D eigenvalue weighted by Gasteiger charge is -2.02. The van der Waals surface area contributed by atoms with Gasteiger partial charge in [-0.15, -0.1) is 0 Å². The Hall–Kier alpha value is -1.66. The van der Waals surface area contributed by atoms with Gasteiger partial charge >= 0.3 is 0 Å². The maximum Gasteiger partial charge on any atom is 0.218 e. The Balaban J connectivity index is 0.000000204. The quantitative estimate of drug-likeness (QED) is 0.862. The molecule has 0 spiro atoms. The molecule has 2 aromatic heterocycles. The van der Waals surface area contributed by atoms with E-state index in [1.54, 1.807) is 6.92 Å². The van der Waals surface area contributed by atoms with E-state index in [9.17, 15) is 13.6 Å². The minimum atomic E-state index is -0.820. The molecule has 0 bridgehead atoms. The van der Waals surface area contributed by atoms with Gasteiger partial charge in [-0.3, -0.25) is 4.79 Å². The average molecular weight is 323 g/mol. The van der Waals surface area contributed by atoms with Crippen LogP contribution >= 0.6 is 23.2 Å². The van der Waals surface area contributed by atoms with Gasteiger partial charge in [0.05, 0.1) is 12.8 Å². The molecule has 0 amide bonds. The number of halogens is 4. The summed E-state index contributed by atoms with van der Waals surface area (Å²) in [6, 6.07) is 2.33. The number of nitrogens with zero attached hydrogens (tertiary/aromatic N) is 1. The molecule has 1 N–H and O–H groups in total. The van der Waals surface area contributed by atoms with Crippen LogP contribution in [0.25, 0.3) is 0 Å². The number of rotatable bonds is 2. The zero-order chi connectivity index (χ0) is 15.1. The number of pyridine rings is 2. The van der Waals surface area contributed by atoms with Gasteiger partial charge in [0, 0.05) is 18.3 Å². The van der Waals surface area contributed by atoms with Crippen molar-refractivity contribution in [3.05, 3.63) is 56.7 Å². The maximum atomic E-state index is 12.7. The highest BCUT2D eigenvalue weighted by molar-refractivity contribution is 6.29. The Labute approximate surface area is 123 Å². The molecule has 8 heteroatoms. The van der Waals surface area contributed by atoms with E-state index in [0.717, 1.165) is 18.5 Å². The summed E-state index contributed by atoms with van der Waals surface area (Å²) >= 11 is 10.8. The maximum absolute atomic E-state index is 12.7. The van der Waals surface area contributed by atoms with Crippen molar-refractivity contribution < 1.29 is 13.5 Å². The summed E-state index contributed by atoms with van der Waals surface area (Å²) in [5.41, 5.74) is -0.696. The highest BCUT2D eigenvalue weighted by atomic mass is 35.5. The van der Waals surface area contributed by atoms with E-state index in [1.807, 2.05) is 0 Å². The van der Waals surface area contributed by atoms with Crippen molar-refractivity contribution in [3.8, 4) is 5.75 Å². The van der Waals surface area contributed by atoms with E-state index in [4.69, 9.17) is 27.9 Å². The first-order valence-corrected chi connectivity index (χ1v) is 6.17. The van der Waals surface area contributed by atoms with Crippen molar-refractivity contribution in [2.75, 3.05) is 6.61 Å². The first kappa shape index (κ1) is 16.4. The topological polar surface area (TPSA) is 55.0 Å². The SMILES string of the molecule is CCOc1cc(Cl)ncc1F.O=c1cc(Cl)[nH]cc1F. The molecule has 0 fully saturated rings. The number of hydrogen-bond donors (Lipinski definition) is 1. The van der Waals surface area contributed by atoms with Gasteiger partial charge in [0.25, 0.3) is 0 Å². The van der Waals surface area contributed by atoms with Crippen LogP contribution in [0.3, 0.4) is 0 Å². The number of hydrogen-bond acceptors (Lipinski definition) is 3. The van der Waals surface area contributed by atoms with E-state index in [2.05, 4.69) is 9.97 Å². The van der Waals surface area contributed by atoms with Crippen LogP contribution in [0.1, 0.15) is 6.92 Å². The fraction of sp³-hybridized carbons (Fsp3) is 0.167. The molecule has 2 aromatic rings. The fourth-order valence-electron chi connectivity index (χ4n) is 1.09. The minimum absolute atomic E-state index is 0.140. The molecule has 0 aliphatic rings. The van der Waals surface area contributed by atoms with E-state index < -0.39 is 17.1 Å². The summed E-state index contributed by atoms with van der Waals surface area (Å²) in [4.78, 5) is 16.2. The van der Waals surface area contributed by atoms with Gasteiger partial charge in [-0.05, 0) is 6.92 Å². The molecule has 0 atom stereocenters. The average Bonchev–Trinajstić information content (AvgIpc) is 2.40. The molecule has 0 aliphatic heterocycles. The first-order valence-electron chi connectivity index (χ1n) is 5.41. The number of aromatic nitrogens is 2. The van der Waals surface area contributed by atoms with Crippen molar-refractivity contribution in [1.29, 1.82) is 0 Å². The highest BCUT2D eigenvalue weighted by Gasteiger charge is 2.02. The van der Waals surface area contributed by atoms with Gasteiger partial charge in [-0.2, -0.15) is 0 Å². The summed E-state index contributed by atoms with van der Waals surface area (Å²) in [6.07, 6.45) is 1.96. The molecule has 108 valence electrons. The third-order valence-corrected chi connectivity index (χ3v) is 2.34. The minimum Gasteiger partial charge on any atom is -0.491 e. The Morgan fingerprint density at radius 1 is 1.30 bits per heavy atom. The standard InChI is InChI=1S/C7H7ClFNO.C5H3ClFNO/c1-2-11-6-3-7(8)10-4-5(6)9;6-5-1-4(9)3(7)2-8-5/h3-4H,2H2,1H3;1-2H,(H,8,9). The van der Waals surface area contributed by atoms with Crippen molar-refractivity contribution in [2.45, 2.75) is 6.92 Å².